The van der Waals surface area contributed by atoms with Crippen LogP contribution in [0.4, 0.5) is 0 Å². The fourth-order valence-electron chi connectivity index (χ4n) is 3.13. The van der Waals surface area contributed by atoms with Crippen molar-refractivity contribution in [2.24, 2.45) is 5.41 Å². The van der Waals surface area contributed by atoms with E-state index in [-0.39, 0.29) is 11.5 Å². The molecule has 0 bridgehead atoms. The predicted octanol–water partition coefficient (Wildman–Crippen LogP) is 3.50. The zero-order chi connectivity index (χ0) is 14.3. The summed E-state index contributed by atoms with van der Waals surface area (Å²) in [4.78, 5) is 4.52. The molecule has 1 unspecified atom stereocenters. The van der Waals surface area contributed by atoms with E-state index in [1.165, 1.54) is 10.7 Å². The second kappa shape index (κ2) is 5.01. The fraction of sp³-hybridized carbons (Fsp3) is 0.562. The van der Waals surface area contributed by atoms with Crippen molar-refractivity contribution in [1.29, 1.82) is 0 Å². The quantitative estimate of drug-likeness (QED) is 0.939. The average molecular weight is 290 g/mol. The standard InChI is InChI=1S/C16H22N2OS/c1-11-10-20-15(17-11)5-7-18-6-4-12-13(18)8-16(2,3)9-14(12)19/h4,6,10,14,19H,5,7-9H2,1-3H3. The van der Waals surface area contributed by atoms with E-state index in [4.69, 9.17) is 0 Å². The Kier molecular flexibility index (Phi) is 3.46. The molecule has 1 aliphatic carbocycles. The van der Waals surface area contributed by atoms with Gasteiger partial charge in [-0.2, -0.15) is 0 Å². The molecular formula is C16H22N2OS. The summed E-state index contributed by atoms with van der Waals surface area (Å²) in [5.41, 5.74) is 3.72. The normalized spacial score (nSPS) is 20.9. The highest BCUT2D eigenvalue weighted by Gasteiger charge is 2.33. The number of hydrogen-bond donors (Lipinski definition) is 1. The minimum absolute atomic E-state index is 0.181. The Bertz CT molecular complexity index is 612. The van der Waals surface area contributed by atoms with Crippen LogP contribution in [0.2, 0.25) is 0 Å². The maximum absolute atomic E-state index is 10.3. The monoisotopic (exact) mass is 290 g/mol. The van der Waals surface area contributed by atoms with Gasteiger partial charge in [-0.05, 0) is 31.2 Å². The van der Waals surface area contributed by atoms with Gasteiger partial charge in [-0.15, -0.1) is 11.3 Å². The summed E-state index contributed by atoms with van der Waals surface area (Å²) in [6, 6.07) is 2.09. The molecule has 2 heterocycles. The zero-order valence-corrected chi connectivity index (χ0v) is 13.2. The summed E-state index contributed by atoms with van der Waals surface area (Å²) in [7, 11) is 0. The van der Waals surface area contributed by atoms with E-state index >= 15 is 0 Å². The number of aryl methyl sites for hydroxylation is 3. The molecule has 2 aromatic rings. The van der Waals surface area contributed by atoms with Gasteiger partial charge in [-0.3, -0.25) is 0 Å². The first-order valence-corrected chi connectivity index (χ1v) is 8.09. The molecule has 20 heavy (non-hydrogen) atoms. The second-order valence-electron chi connectivity index (χ2n) is 6.60. The van der Waals surface area contributed by atoms with Crippen molar-refractivity contribution in [3.8, 4) is 0 Å². The predicted molar refractivity (Wildman–Crippen MR) is 82.0 cm³/mol. The molecule has 1 N–H and O–H groups in total. The molecular weight excluding hydrogens is 268 g/mol. The molecule has 0 aliphatic heterocycles. The van der Waals surface area contributed by atoms with Gasteiger partial charge in [0.15, 0.2) is 0 Å². The molecule has 0 radical (unpaired) electrons. The topological polar surface area (TPSA) is 38.0 Å². The Morgan fingerprint density at radius 2 is 2.30 bits per heavy atom. The number of aromatic nitrogens is 2. The lowest BCUT2D eigenvalue weighted by molar-refractivity contribution is 0.0979. The summed E-state index contributed by atoms with van der Waals surface area (Å²) in [6.07, 6.45) is 4.68. The maximum Gasteiger partial charge on any atom is 0.0945 e. The van der Waals surface area contributed by atoms with Crippen molar-refractivity contribution in [2.45, 2.75) is 52.7 Å². The minimum Gasteiger partial charge on any atom is -0.388 e. The van der Waals surface area contributed by atoms with Gasteiger partial charge in [0.1, 0.15) is 0 Å². The first-order chi connectivity index (χ1) is 9.44. The number of hydrogen-bond acceptors (Lipinski definition) is 3. The van der Waals surface area contributed by atoms with Crippen molar-refractivity contribution >= 4 is 11.3 Å². The van der Waals surface area contributed by atoms with E-state index < -0.39 is 0 Å². The van der Waals surface area contributed by atoms with Crippen molar-refractivity contribution in [3.05, 3.63) is 39.6 Å². The molecule has 1 aliphatic rings. The van der Waals surface area contributed by atoms with Crippen LogP contribution >= 0.6 is 11.3 Å². The Labute approximate surface area is 124 Å². The third-order valence-corrected chi connectivity index (χ3v) is 5.12. The smallest absolute Gasteiger partial charge is 0.0945 e. The maximum atomic E-state index is 10.3. The van der Waals surface area contributed by atoms with Crippen LogP contribution in [0.25, 0.3) is 0 Å². The molecule has 108 valence electrons. The molecule has 3 nitrogen and oxygen atoms in total. The lowest BCUT2D eigenvalue weighted by Gasteiger charge is -2.34. The lowest BCUT2D eigenvalue weighted by Crippen LogP contribution is -2.26. The van der Waals surface area contributed by atoms with Gasteiger partial charge in [-0.1, -0.05) is 13.8 Å². The number of rotatable bonds is 3. The van der Waals surface area contributed by atoms with Gasteiger partial charge in [0.2, 0.25) is 0 Å². The fourth-order valence-corrected chi connectivity index (χ4v) is 3.90. The molecule has 2 aromatic heterocycles. The van der Waals surface area contributed by atoms with Crippen molar-refractivity contribution in [2.75, 3.05) is 0 Å². The Morgan fingerprint density at radius 3 is 3.00 bits per heavy atom. The molecule has 0 saturated heterocycles. The summed E-state index contributed by atoms with van der Waals surface area (Å²) in [5.74, 6) is 0. The van der Waals surface area contributed by atoms with E-state index in [0.29, 0.717) is 0 Å². The van der Waals surface area contributed by atoms with Gasteiger partial charge >= 0.3 is 0 Å². The van der Waals surface area contributed by atoms with Crippen LogP contribution in [-0.2, 0) is 19.4 Å². The highest BCUT2D eigenvalue weighted by atomic mass is 32.1. The number of aliphatic hydroxyl groups is 1. The van der Waals surface area contributed by atoms with Crippen LogP contribution in [-0.4, -0.2) is 14.7 Å². The molecule has 0 fully saturated rings. The van der Waals surface area contributed by atoms with Crippen molar-refractivity contribution in [1.82, 2.24) is 9.55 Å². The molecule has 0 aromatic carbocycles. The van der Waals surface area contributed by atoms with Crippen LogP contribution in [0.5, 0.6) is 0 Å². The summed E-state index contributed by atoms with van der Waals surface area (Å²) in [6.45, 7) is 7.46. The largest absolute Gasteiger partial charge is 0.388 e. The zero-order valence-electron chi connectivity index (χ0n) is 12.4. The van der Waals surface area contributed by atoms with Gasteiger partial charge in [0.25, 0.3) is 0 Å². The first kappa shape index (κ1) is 13.8. The molecule has 0 spiro atoms. The van der Waals surface area contributed by atoms with Crippen LogP contribution in [0.15, 0.2) is 17.6 Å². The average Bonchev–Trinajstić information content (AvgIpc) is 2.92. The molecule has 4 heteroatoms. The van der Waals surface area contributed by atoms with Gasteiger partial charge in [-0.25, -0.2) is 4.98 Å². The lowest BCUT2D eigenvalue weighted by atomic mass is 9.75. The minimum atomic E-state index is -0.308. The van der Waals surface area contributed by atoms with Crippen molar-refractivity contribution < 1.29 is 5.11 Å². The number of nitrogens with zero attached hydrogens (tertiary/aromatic N) is 2. The molecule has 0 amide bonds. The van der Waals surface area contributed by atoms with Crippen LogP contribution in [0, 0.1) is 12.3 Å². The van der Waals surface area contributed by atoms with Gasteiger partial charge < -0.3 is 9.67 Å². The second-order valence-corrected chi connectivity index (χ2v) is 7.55. The number of aliphatic hydroxyl groups excluding tert-OH is 1. The molecule has 0 saturated carbocycles. The Hall–Kier alpha value is -1.13. The van der Waals surface area contributed by atoms with Crippen molar-refractivity contribution in [3.63, 3.8) is 0 Å². The number of thiazole rings is 1. The van der Waals surface area contributed by atoms with E-state index in [0.717, 1.165) is 37.1 Å². The highest BCUT2D eigenvalue weighted by Crippen LogP contribution is 2.41. The SMILES string of the molecule is Cc1csc(CCn2ccc3c2CC(C)(C)CC3O)n1. The molecule has 1 atom stereocenters. The Morgan fingerprint density at radius 1 is 1.50 bits per heavy atom. The van der Waals surface area contributed by atoms with Gasteiger partial charge in [0.05, 0.1) is 11.1 Å². The van der Waals surface area contributed by atoms with E-state index in [2.05, 4.69) is 41.0 Å². The van der Waals surface area contributed by atoms with E-state index in [9.17, 15) is 5.11 Å². The highest BCUT2D eigenvalue weighted by molar-refractivity contribution is 7.09. The summed E-state index contributed by atoms with van der Waals surface area (Å²) >= 11 is 1.74. The Balaban J connectivity index is 1.78. The summed E-state index contributed by atoms with van der Waals surface area (Å²) < 4.78 is 2.30. The first-order valence-electron chi connectivity index (χ1n) is 7.22. The summed E-state index contributed by atoms with van der Waals surface area (Å²) in [5, 5.41) is 13.6. The number of fused-ring (bicyclic) bond motifs is 1. The van der Waals surface area contributed by atoms with E-state index in [1.54, 1.807) is 11.3 Å². The molecule has 3 rings (SSSR count). The third kappa shape index (κ3) is 2.67. The van der Waals surface area contributed by atoms with Crippen LogP contribution in [0.3, 0.4) is 0 Å². The van der Waals surface area contributed by atoms with Gasteiger partial charge in [0, 0.05) is 41.5 Å². The van der Waals surface area contributed by atoms with Crippen LogP contribution in [0.1, 0.15) is 48.3 Å². The van der Waals surface area contributed by atoms with E-state index in [1.807, 2.05) is 6.92 Å². The van der Waals surface area contributed by atoms with Crippen LogP contribution < -0.4 is 0 Å². The third-order valence-electron chi connectivity index (χ3n) is 4.10.